The summed E-state index contributed by atoms with van der Waals surface area (Å²) in [5.74, 6) is 0. The van der Waals surface area contributed by atoms with Gasteiger partial charge in [0.15, 0.2) is 0 Å². The molecule has 0 spiro atoms. The molecule has 1 aliphatic heterocycles. The minimum atomic E-state index is -3.39. The monoisotopic (exact) mass is 209 g/mol. The van der Waals surface area contributed by atoms with Crippen molar-refractivity contribution in [1.82, 2.24) is 9.03 Å². The molecule has 1 heterocycles. The highest BCUT2D eigenvalue weighted by Gasteiger charge is 2.29. The molecular formula is C6H15N3O3S. The molecule has 1 rings (SSSR count). The van der Waals surface area contributed by atoms with Gasteiger partial charge in [-0.1, -0.05) is 0 Å². The lowest BCUT2D eigenvalue weighted by atomic mass is 10.2. The van der Waals surface area contributed by atoms with Gasteiger partial charge in [0.2, 0.25) is 0 Å². The van der Waals surface area contributed by atoms with Crippen LogP contribution < -0.4 is 10.5 Å². The van der Waals surface area contributed by atoms with Crippen LogP contribution in [0.2, 0.25) is 0 Å². The van der Waals surface area contributed by atoms with E-state index in [2.05, 4.69) is 4.72 Å². The molecule has 0 bridgehead atoms. The molecule has 1 aliphatic rings. The number of nitrogens with two attached hydrogens (primary N) is 1. The summed E-state index contributed by atoms with van der Waals surface area (Å²) >= 11 is 0. The van der Waals surface area contributed by atoms with E-state index in [4.69, 9.17) is 10.5 Å². The fourth-order valence-electron chi connectivity index (χ4n) is 0.989. The zero-order valence-corrected chi connectivity index (χ0v) is 8.54. The van der Waals surface area contributed by atoms with Crippen LogP contribution in [0, 0.1) is 0 Å². The third kappa shape index (κ3) is 2.61. The van der Waals surface area contributed by atoms with Gasteiger partial charge >= 0.3 is 0 Å². The van der Waals surface area contributed by atoms with Gasteiger partial charge in [0.1, 0.15) is 0 Å². The molecule has 78 valence electrons. The van der Waals surface area contributed by atoms with Crippen molar-refractivity contribution in [2.24, 2.45) is 5.73 Å². The van der Waals surface area contributed by atoms with Gasteiger partial charge in [0, 0.05) is 20.1 Å². The van der Waals surface area contributed by atoms with E-state index < -0.39 is 10.2 Å². The predicted octanol–water partition coefficient (Wildman–Crippen LogP) is -1.89. The zero-order chi connectivity index (χ0) is 10.1. The van der Waals surface area contributed by atoms with Crippen LogP contribution in [0.5, 0.6) is 0 Å². The van der Waals surface area contributed by atoms with Crippen molar-refractivity contribution in [2.45, 2.75) is 12.1 Å². The highest BCUT2D eigenvalue weighted by molar-refractivity contribution is 7.87. The molecule has 2 unspecified atom stereocenters. The summed E-state index contributed by atoms with van der Waals surface area (Å²) in [6, 6.07) is -0.567. The molecule has 13 heavy (non-hydrogen) atoms. The van der Waals surface area contributed by atoms with Gasteiger partial charge in [0.25, 0.3) is 10.2 Å². The highest BCUT2D eigenvalue weighted by Crippen LogP contribution is 2.04. The van der Waals surface area contributed by atoms with Crippen molar-refractivity contribution >= 4 is 10.2 Å². The average molecular weight is 209 g/mol. The van der Waals surface area contributed by atoms with E-state index in [1.807, 2.05) is 0 Å². The lowest BCUT2D eigenvalue weighted by molar-refractivity contribution is 0.189. The fraction of sp³-hybridized carbons (Fsp3) is 1.00. The molecule has 2 atom stereocenters. The Hall–Kier alpha value is -0.210. The van der Waals surface area contributed by atoms with Crippen LogP contribution in [-0.2, 0) is 14.9 Å². The molecule has 0 aromatic carbocycles. The topological polar surface area (TPSA) is 84.7 Å². The molecule has 0 saturated carbocycles. The summed E-state index contributed by atoms with van der Waals surface area (Å²) in [5, 5.41) is 0. The van der Waals surface area contributed by atoms with E-state index in [-0.39, 0.29) is 12.1 Å². The number of nitrogens with one attached hydrogen (secondary N) is 1. The zero-order valence-electron chi connectivity index (χ0n) is 7.73. The van der Waals surface area contributed by atoms with Crippen molar-refractivity contribution in [3.8, 4) is 0 Å². The van der Waals surface area contributed by atoms with Gasteiger partial charge in [0.05, 0.1) is 19.3 Å². The third-order valence-corrected chi connectivity index (χ3v) is 3.47. The van der Waals surface area contributed by atoms with Gasteiger partial charge in [-0.25, -0.2) is 0 Å². The third-order valence-electron chi connectivity index (χ3n) is 1.91. The van der Waals surface area contributed by atoms with Crippen molar-refractivity contribution in [1.29, 1.82) is 0 Å². The molecule has 0 radical (unpaired) electrons. The summed E-state index contributed by atoms with van der Waals surface area (Å²) in [4.78, 5) is 0. The Balaban J connectivity index is 2.58. The lowest BCUT2D eigenvalue weighted by Gasteiger charge is -2.18. The van der Waals surface area contributed by atoms with Crippen LogP contribution in [0.4, 0.5) is 0 Å². The van der Waals surface area contributed by atoms with Crippen LogP contribution in [0.25, 0.3) is 0 Å². The normalized spacial score (nSPS) is 29.8. The summed E-state index contributed by atoms with van der Waals surface area (Å²) in [6.45, 7) is 0.745. The highest BCUT2D eigenvalue weighted by atomic mass is 32.2. The van der Waals surface area contributed by atoms with Gasteiger partial charge in [-0.3, -0.25) is 0 Å². The number of rotatable bonds is 3. The van der Waals surface area contributed by atoms with Crippen molar-refractivity contribution in [3.05, 3.63) is 0 Å². The van der Waals surface area contributed by atoms with Crippen molar-refractivity contribution in [3.63, 3.8) is 0 Å². The summed E-state index contributed by atoms with van der Waals surface area (Å²) in [5.41, 5.74) is 5.62. The Kier molecular flexibility index (Phi) is 3.25. The van der Waals surface area contributed by atoms with Gasteiger partial charge in [-0.2, -0.15) is 17.4 Å². The SMILES string of the molecule is CN(C)S(=O)(=O)NC1COCC1N. The minimum Gasteiger partial charge on any atom is -0.378 e. The Morgan fingerprint density at radius 3 is 2.46 bits per heavy atom. The molecule has 3 N–H and O–H groups in total. The lowest BCUT2D eigenvalue weighted by Crippen LogP contribution is -2.50. The maximum atomic E-state index is 11.3. The largest absolute Gasteiger partial charge is 0.378 e. The summed E-state index contributed by atoms with van der Waals surface area (Å²) < 4.78 is 31.3. The Bertz CT molecular complexity index is 264. The maximum absolute atomic E-state index is 11.3. The number of nitrogens with zero attached hydrogens (tertiary/aromatic N) is 1. The van der Waals surface area contributed by atoms with E-state index >= 15 is 0 Å². The van der Waals surface area contributed by atoms with E-state index in [9.17, 15) is 8.42 Å². The average Bonchev–Trinajstić information content (AvgIpc) is 2.35. The van der Waals surface area contributed by atoms with Crippen LogP contribution in [-0.4, -0.2) is 52.1 Å². The second-order valence-electron chi connectivity index (χ2n) is 3.21. The quantitative estimate of drug-likeness (QED) is 0.569. The van der Waals surface area contributed by atoms with Crippen LogP contribution >= 0.6 is 0 Å². The number of hydrogen-bond donors (Lipinski definition) is 2. The molecule has 0 aromatic rings. The molecule has 1 fully saturated rings. The second-order valence-corrected chi connectivity index (χ2v) is 5.13. The second kappa shape index (κ2) is 3.89. The molecular weight excluding hydrogens is 194 g/mol. The Morgan fingerprint density at radius 1 is 1.46 bits per heavy atom. The van der Waals surface area contributed by atoms with E-state index in [0.717, 1.165) is 4.31 Å². The summed E-state index contributed by atoms with van der Waals surface area (Å²) in [6.07, 6.45) is 0. The van der Waals surface area contributed by atoms with Crippen LogP contribution in [0.15, 0.2) is 0 Å². The summed E-state index contributed by atoms with van der Waals surface area (Å²) in [7, 11) is -0.467. The van der Waals surface area contributed by atoms with E-state index in [1.165, 1.54) is 14.1 Å². The van der Waals surface area contributed by atoms with E-state index in [1.54, 1.807) is 0 Å². The van der Waals surface area contributed by atoms with Gasteiger partial charge < -0.3 is 10.5 Å². The molecule has 1 saturated heterocycles. The molecule has 6 nitrogen and oxygen atoms in total. The van der Waals surface area contributed by atoms with Crippen LogP contribution in [0.3, 0.4) is 0 Å². The first-order chi connectivity index (χ1) is 5.93. The first kappa shape index (κ1) is 10.9. The number of hydrogen-bond acceptors (Lipinski definition) is 4. The maximum Gasteiger partial charge on any atom is 0.279 e. The Morgan fingerprint density at radius 2 is 2.08 bits per heavy atom. The van der Waals surface area contributed by atoms with Gasteiger partial charge in [-0.15, -0.1) is 0 Å². The standard InChI is InChI=1S/C6H15N3O3S/c1-9(2)13(10,11)8-6-4-12-3-5(6)7/h5-6,8H,3-4,7H2,1-2H3. The van der Waals surface area contributed by atoms with Gasteiger partial charge in [-0.05, 0) is 0 Å². The molecule has 7 heteroatoms. The van der Waals surface area contributed by atoms with Crippen molar-refractivity contribution in [2.75, 3.05) is 27.3 Å². The smallest absolute Gasteiger partial charge is 0.279 e. The fourth-order valence-corrected chi connectivity index (χ4v) is 1.83. The molecule has 0 aromatic heterocycles. The molecule has 0 aliphatic carbocycles. The first-order valence-electron chi connectivity index (χ1n) is 3.96. The van der Waals surface area contributed by atoms with E-state index in [0.29, 0.717) is 13.2 Å². The predicted molar refractivity (Wildman–Crippen MR) is 48.3 cm³/mol. The van der Waals surface area contributed by atoms with Crippen LogP contribution in [0.1, 0.15) is 0 Å². The molecule has 0 amide bonds. The minimum absolute atomic E-state index is 0.255. The number of ether oxygens (including phenoxy) is 1. The van der Waals surface area contributed by atoms with Crippen molar-refractivity contribution < 1.29 is 13.2 Å². The Labute approximate surface area is 78.2 Å². The first-order valence-corrected chi connectivity index (χ1v) is 5.40.